The van der Waals surface area contributed by atoms with E-state index in [-0.39, 0.29) is 10.9 Å². The van der Waals surface area contributed by atoms with Crippen LogP contribution in [0.15, 0.2) is 68.8 Å². The molecular weight excluding hydrogens is 458 g/mol. The summed E-state index contributed by atoms with van der Waals surface area (Å²) in [6, 6.07) is 13.9. The van der Waals surface area contributed by atoms with Crippen molar-refractivity contribution in [3.63, 3.8) is 0 Å². The van der Waals surface area contributed by atoms with Crippen molar-refractivity contribution in [2.24, 2.45) is 0 Å². The SMILES string of the molecule is CC(Sc1ncc(-c2ccc(Br)cc2)[nH]1)c1nnc(-c2ccc([N+](=O)[O-])cc2)o1. The van der Waals surface area contributed by atoms with E-state index in [2.05, 4.69) is 36.1 Å². The Morgan fingerprint density at radius 1 is 1.10 bits per heavy atom. The molecule has 8 nitrogen and oxygen atoms in total. The quantitative estimate of drug-likeness (QED) is 0.219. The number of hydrogen-bond acceptors (Lipinski definition) is 7. The number of aromatic amines is 1. The summed E-state index contributed by atoms with van der Waals surface area (Å²) in [6.45, 7) is 1.94. The van der Waals surface area contributed by atoms with Gasteiger partial charge in [0, 0.05) is 22.2 Å². The van der Waals surface area contributed by atoms with Crippen LogP contribution in [0.3, 0.4) is 0 Å². The Kier molecular flexibility index (Phi) is 5.45. The fourth-order valence-corrected chi connectivity index (χ4v) is 3.68. The summed E-state index contributed by atoms with van der Waals surface area (Å²) in [5, 5.41) is 19.5. The zero-order valence-corrected chi connectivity index (χ0v) is 17.5. The van der Waals surface area contributed by atoms with Crippen molar-refractivity contribution in [3.8, 4) is 22.7 Å². The van der Waals surface area contributed by atoms with Crippen molar-refractivity contribution in [2.75, 3.05) is 0 Å². The fraction of sp³-hybridized carbons (Fsp3) is 0.105. The zero-order chi connectivity index (χ0) is 20.4. The van der Waals surface area contributed by atoms with Gasteiger partial charge in [0.1, 0.15) is 0 Å². The largest absolute Gasteiger partial charge is 0.419 e. The Morgan fingerprint density at radius 3 is 2.48 bits per heavy atom. The molecule has 2 heterocycles. The minimum Gasteiger partial charge on any atom is -0.419 e. The van der Waals surface area contributed by atoms with Crippen LogP contribution in [0.25, 0.3) is 22.7 Å². The minimum absolute atomic E-state index is 0.0109. The normalized spacial score (nSPS) is 12.1. The van der Waals surface area contributed by atoms with Crippen molar-refractivity contribution in [1.82, 2.24) is 20.2 Å². The molecule has 29 heavy (non-hydrogen) atoms. The first-order valence-corrected chi connectivity index (χ1v) is 10.2. The predicted molar refractivity (Wildman–Crippen MR) is 112 cm³/mol. The Hall–Kier alpha value is -2.98. The van der Waals surface area contributed by atoms with Crippen LogP contribution < -0.4 is 0 Å². The topological polar surface area (TPSA) is 111 Å². The minimum atomic E-state index is -0.451. The van der Waals surface area contributed by atoms with Gasteiger partial charge in [-0.1, -0.05) is 39.8 Å². The molecule has 4 aromatic rings. The van der Waals surface area contributed by atoms with Crippen molar-refractivity contribution in [2.45, 2.75) is 17.3 Å². The molecule has 0 amide bonds. The molecule has 10 heteroatoms. The molecule has 0 fully saturated rings. The number of non-ortho nitro benzene ring substituents is 1. The highest BCUT2D eigenvalue weighted by Gasteiger charge is 2.18. The third-order valence-electron chi connectivity index (χ3n) is 4.11. The molecule has 0 aliphatic rings. The average Bonchev–Trinajstić information content (AvgIpc) is 3.38. The molecule has 0 radical (unpaired) electrons. The molecule has 1 N–H and O–H groups in total. The number of hydrogen-bond donors (Lipinski definition) is 1. The summed E-state index contributed by atoms with van der Waals surface area (Å²) in [5.41, 5.74) is 2.60. The summed E-state index contributed by atoms with van der Waals surface area (Å²) in [7, 11) is 0. The second-order valence-electron chi connectivity index (χ2n) is 6.12. The van der Waals surface area contributed by atoms with Crippen LogP contribution in [-0.4, -0.2) is 25.1 Å². The number of nitro groups is 1. The molecule has 146 valence electrons. The molecular formula is C19H14BrN5O3S. The lowest BCUT2D eigenvalue weighted by molar-refractivity contribution is -0.384. The molecule has 0 spiro atoms. The first-order valence-electron chi connectivity index (χ1n) is 8.55. The third-order valence-corrected chi connectivity index (χ3v) is 5.62. The second kappa shape index (κ2) is 8.18. The lowest BCUT2D eigenvalue weighted by Gasteiger charge is -2.03. The lowest BCUT2D eigenvalue weighted by atomic mass is 10.2. The van der Waals surface area contributed by atoms with E-state index in [0.717, 1.165) is 20.9 Å². The first kappa shape index (κ1) is 19.3. The number of rotatable bonds is 6. The van der Waals surface area contributed by atoms with Gasteiger partial charge in [-0.3, -0.25) is 10.1 Å². The molecule has 2 aromatic carbocycles. The second-order valence-corrected chi connectivity index (χ2v) is 8.36. The standard InChI is InChI=1S/C19H14BrN5O3S/c1-11(29-19-21-10-16(22-19)12-2-6-14(20)7-3-12)17-23-24-18(28-17)13-4-8-15(9-5-13)25(26)27/h2-11H,1H3,(H,21,22). The summed E-state index contributed by atoms with van der Waals surface area (Å²) < 4.78 is 6.77. The highest BCUT2D eigenvalue weighted by Crippen LogP contribution is 2.34. The number of H-pyrrole nitrogens is 1. The predicted octanol–water partition coefficient (Wildman–Crippen LogP) is 5.65. The van der Waals surface area contributed by atoms with Crippen LogP contribution in [0.1, 0.15) is 18.1 Å². The Labute approximate surface area is 178 Å². The number of imidazole rings is 1. The number of nitrogens with one attached hydrogen (secondary N) is 1. The van der Waals surface area contributed by atoms with Gasteiger partial charge < -0.3 is 9.40 Å². The van der Waals surface area contributed by atoms with Crippen LogP contribution >= 0.6 is 27.7 Å². The van der Waals surface area contributed by atoms with E-state index >= 15 is 0 Å². The van der Waals surface area contributed by atoms with Crippen LogP contribution in [-0.2, 0) is 0 Å². The van der Waals surface area contributed by atoms with Gasteiger partial charge in [0.25, 0.3) is 5.69 Å². The van der Waals surface area contributed by atoms with Gasteiger partial charge in [-0.05, 0) is 36.8 Å². The maximum atomic E-state index is 10.8. The van der Waals surface area contributed by atoms with Crippen LogP contribution in [0.2, 0.25) is 0 Å². The first-order chi connectivity index (χ1) is 14.0. The van der Waals surface area contributed by atoms with E-state index in [4.69, 9.17) is 4.42 Å². The van der Waals surface area contributed by atoms with E-state index in [1.54, 1.807) is 18.3 Å². The number of nitrogens with zero attached hydrogens (tertiary/aromatic N) is 4. The summed E-state index contributed by atoms with van der Waals surface area (Å²) in [5.74, 6) is 0.766. The van der Waals surface area contributed by atoms with Crippen LogP contribution in [0, 0.1) is 10.1 Å². The van der Waals surface area contributed by atoms with E-state index in [0.29, 0.717) is 17.3 Å². The third kappa shape index (κ3) is 4.38. The summed E-state index contributed by atoms with van der Waals surface area (Å²) in [6.07, 6.45) is 1.79. The van der Waals surface area contributed by atoms with Gasteiger partial charge >= 0.3 is 0 Å². The van der Waals surface area contributed by atoms with Gasteiger partial charge in [0.2, 0.25) is 11.8 Å². The highest BCUT2D eigenvalue weighted by molar-refractivity contribution is 9.10. The van der Waals surface area contributed by atoms with E-state index in [1.807, 2.05) is 31.2 Å². The molecule has 0 saturated carbocycles. The van der Waals surface area contributed by atoms with Crippen molar-refractivity contribution in [1.29, 1.82) is 0 Å². The molecule has 0 saturated heterocycles. The van der Waals surface area contributed by atoms with Crippen molar-refractivity contribution < 1.29 is 9.34 Å². The molecule has 0 aliphatic heterocycles. The van der Waals surface area contributed by atoms with Gasteiger partial charge in [-0.2, -0.15) is 0 Å². The van der Waals surface area contributed by atoms with Crippen molar-refractivity contribution >= 4 is 33.4 Å². The molecule has 0 bridgehead atoms. The zero-order valence-electron chi connectivity index (χ0n) is 15.1. The number of nitro benzene ring substituents is 1. The van der Waals surface area contributed by atoms with E-state index in [9.17, 15) is 10.1 Å². The maximum absolute atomic E-state index is 10.8. The molecule has 2 aromatic heterocycles. The fourth-order valence-electron chi connectivity index (χ4n) is 2.60. The molecule has 1 unspecified atom stereocenters. The van der Waals surface area contributed by atoms with Crippen LogP contribution in [0.4, 0.5) is 5.69 Å². The average molecular weight is 472 g/mol. The van der Waals surface area contributed by atoms with Crippen molar-refractivity contribution in [3.05, 3.63) is 75.2 Å². The van der Waals surface area contributed by atoms with Gasteiger partial charge in [0.15, 0.2) is 5.16 Å². The van der Waals surface area contributed by atoms with Gasteiger partial charge in [0.05, 0.1) is 22.1 Å². The number of aromatic nitrogens is 4. The monoisotopic (exact) mass is 471 g/mol. The summed E-state index contributed by atoms with van der Waals surface area (Å²) in [4.78, 5) is 18.0. The molecule has 0 aliphatic carbocycles. The van der Waals surface area contributed by atoms with Gasteiger partial charge in [-0.25, -0.2) is 4.98 Å². The Bertz CT molecular complexity index is 1140. The Balaban J connectivity index is 1.46. The molecule has 4 rings (SSSR count). The van der Waals surface area contributed by atoms with Gasteiger partial charge in [-0.15, -0.1) is 10.2 Å². The highest BCUT2D eigenvalue weighted by atomic mass is 79.9. The summed E-state index contributed by atoms with van der Waals surface area (Å²) >= 11 is 4.90. The van der Waals surface area contributed by atoms with Crippen LogP contribution in [0.5, 0.6) is 0 Å². The van der Waals surface area contributed by atoms with E-state index in [1.165, 1.54) is 23.9 Å². The Morgan fingerprint density at radius 2 is 1.79 bits per heavy atom. The van der Waals surface area contributed by atoms with E-state index < -0.39 is 4.92 Å². The number of benzene rings is 2. The molecule has 1 atom stereocenters. The smallest absolute Gasteiger partial charge is 0.269 e. The number of thioether (sulfide) groups is 1. The lowest BCUT2D eigenvalue weighted by Crippen LogP contribution is -1.89. The maximum Gasteiger partial charge on any atom is 0.269 e. The number of halogens is 1.